The summed E-state index contributed by atoms with van der Waals surface area (Å²) >= 11 is 5.41. The van der Waals surface area contributed by atoms with Gasteiger partial charge in [-0.25, -0.2) is 8.42 Å². The molecule has 0 saturated carbocycles. The predicted octanol–water partition coefficient (Wildman–Crippen LogP) is -1.84. The minimum atomic E-state index is -4.85. The molecule has 0 aliphatic carbocycles. The van der Waals surface area contributed by atoms with Crippen molar-refractivity contribution < 1.29 is 36.8 Å². The minimum Gasteiger partial charge on any atom is -0.744 e. The number of nitrogens with zero attached hydrogens (tertiary/aromatic N) is 1. The van der Waals surface area contributed by atoms with Gasteiger partial charge in [-0.3, -0.25) is 10.1 Å². The summed E-state index contributed by atoms with van der Waals surface area (Å²) in [7, 11) is -4.85. The Morgan fingerprint density at radius 3 is 2.27 bits per heavy atom. The molecule has 0 amide bonds. The molecule has 0 spiro atoms. The van der Waals surface area contributed by atoms with Crippen molar-refractivity contribution >= 4 is 27.4 Å². The van der Waals surface area contributed by atoms with Crippen LogP contribution in [0.2, 0.25) is 5.02 Å². The zero-order valence-electron chi connectivity index (χ0n) is 7.51. The van der Waals surface area contributed by atoms with E-state index < -0.39 is 25.6 Å². The number of nitro groups is 1. The molecule has 0 aliphatic rings. The number of hydrogen-bond donors (Lipinski definition) is 0. The van der Waals surface area contributed by atoms with Gasteiger partial charge in [-0.1, -0.05) is 11.6 Å². The van der Waals surface area contributed by atoms with Gasteiger partial charge in [-0.15, -0.1) is 0 Å². The molecule has 9 heteroatoms. The van der Waals surface area contributed by atoms with Crippen molar-refractivity contribution in [3.63, 3.8) is 0 Å². The van der Waals surface area contributed by atoms with Crippen LogP contribution >= 0.6 is 11.6 Å². The first-order chi connectivity index (χ1) is 6.32. The van der Waals surface area contributed by atoms with E-state index in [1.165, 1.54) is 0 Å². The smallest absolute Gasteiger partial charge is 0.744 e. The van der Waals surface area contributed by atoms with Gasteiger partial charge < -0.3 is 4.55 Å². The second-order valence-corrected chi connectivity index (χ2v) is 4.11. The molecule has 1 rings (SSSR count). The number of rotatable bonds is 2. The fraction of sp³-hybridized carbons (Fsp3) is 0. The average Bonchev–Trinajstić information content (AvgIpc) is 2.01. The fourth-order valence-electron chi connectivity index (χ4n) is 0.845. The molecule has 0 N–H and O–H groups in total. The zero-order valence-corrected chi connectivity index (χ0v) is 9.08. The van der Waals surface area contributed by atoms with Crippen LogP contribution in [0.15, 0.2) is 23.1 Å². The number of benzene rings is 1. The van der Waals surface area contributed by atoms with Crippen molar-refractivity contribution in [1.29, 1.82) is 0 Å². The van der Waals surface area contributed by atoms with Crippen molar-refractivity contribution in [3.8, 4) is 0 Å². The van der Waals surface area contributed by atoms with Crippen molar-refractivity contribution in [2.75, 3.05) is 0 Å². The van der Waals surface area contributed by atoms with Crippen LogP contribution in [0.4, 0.5) is 5.69 Å². The summed E-state index contributed by atoms with van der Waals surface area (Å²) in [4.78, 5) is 8.51. The molecule has 0 bridgehead atoms. The Morgan fingerprint density at radius 1 is 1.33 bits per heavy atom. The summed E-state index contributed by atoms with van der Waals surface area (Å²) in [5.74, 6) is 0. The van der Waals surface area contributed by atoms with Gasteiger partial charge in [0.2, 0.25) is 0 Å². The molecule has 1 aromatic rings. The van der Waals surface area contributed by atoms with Gasteiger partial charge in [-0.2, -0.15) is 0 Å². The zero-order chi connectivity index (χ0) is 10.9. The standard InChI is InChI=1S/C6H4ClNO5S.Li/c7-4-1-2-6(14(11,12)13)5(3-4)8(9)10;/h1-3H,(H,11,12,13);/q;+1/p-1. The predicted molar refractivity (Wildman–Crippen MR) is 46.1 cm³/mol. The van der Waals surface area contributed by atoms with Crippen molar-refractivity contribution in [2.24, 2.45) is 0 Å². The molecule has 76 valence electrons. The van der Waals surface area contributed by atoms with Crippen LogP contribution in [0.25, 0.3) is 0 Å². The van der Waals surface area contributed by atoms with E-state index in [0.717, 1.165) is 18.2 Å². The molecular formula is C6H3ClLiNO5S. The van der Waals surface area contributed by atoms with E-state index in [1.54, 1.807) is 0 Å². The monoisotopic (exact) mass is 243 g/mol. The first-order valence-electron chi connectivity index (χ1n) is 3.22. The van der Waals surface area contributed by atoms with Crippen LogP contribution in [-0.2, 0) is 10.1 Å². The van der Waals surface area contributed by atoms with Crippen LogP contribution in [0, 0.1) is 10.1 Å². The average molecular weight is 244 g/mol. The molecule has 0 radical (unpaired) electrons. The fourth-order valence-corrected chi connectivity index (χ4v) is 1.64. The molecule has 0 aliphatic heterocycles. The third-order valence-corrected chi connectivity index (χ3v) is 2.51. The summed E-state index contributed by atoms with van der Waals surface area (Å²) in [6.45, 7) is 0. The van der Waals surface area contributed by atoms with Crippen molar-refractivity contribution in [3.05, 3.63) is 33.3 Å². The van der Waals surface area contributed by atoms with Gasteiger partial charge in [0, 0.05) is 11.1 Å². The Balaban J connectivity index is 0.00000196. The maximum Gasteiger partial charge on any atom is 1.00 e. The first-order valence-corrected chi connectivity index (χ1v) is 5.01. The molecule has 0 heterocycles. The van der Waals surface area contributed by atoms with Gasteiger partial charge in [-0.05, 0) is 12.1 Å². The Morgan fingerprint density at radius 2 is 1.87 bits per heavy atom. The van der Waals surface area contributed by atoms with Crippen LogP contribution in [-0.4, -0.2) is 17.9 Å². The summed E-state index contributed by atoms with van der Waals surface area (Å²) in [5, 5.41) is 10.4. The van der Waals surface area contributed by atoms with Crippen LogP contribution < -0.4 is 18.9 Å². The van der Waals surface area contributed by atoms with Crippen LogP contribution in [0.3, 0.4) is 0 Å². The van der Waals surface area contributed by atoms with Gasteiger partial charge >= 0.3 is 18.9 Å². The van der Waals surface area contributed by atoms with Crippen molar-refractivity contribution in [2.45, 2.75) is 4.90 Å². The molecule has 6 nitrogen and oxygen atoms in total. The van der Waals surface area contributed by atoms with Crippen LogP contribution in [0.1, 0.15) is 0 Å². The summed E-state index contributed by atoms with van der Waals surface area (Å²) in [6, 6.07) is 2.72. The molecule has 0 fully saturated rings. The number of hydrogen-bond acceptors (Lipinski definition) is 5. The largest absolute Gasteiger partial charge is 1.00 e. The van der Waals surface area contributed by atoms with Gasteiger partial charge in [0.1, 0.15) is 15.0 Å². The van der Waals surface area contributed by atoms with E-state index in [1.807, 2.05) is 0 Å². The number of nitro benzene ring substituents is 1. The van der Waals surface area contributed by atoms with Crippen LogP contribution in [0.5, 0.6) is 0 Å². The quantitative estimate of drug-likeness (QED) is 0.263. The Kier molecular flexibility index (Phi) is 4.77. The Hall–Kier alpha value is -0.583. The summed E-state index contributed by atoms with van der Waals surface area (Å²) < 4.78 is 31.7. The molecular weight excluding hydrogens is 241 g/mol. The third-order valence-electron chi connectivity index (χ3n) is 1.39. The maximum atomic E-state index is 10.6. The summed E-state index contributed by atoms with van der Waals surface area (Å²) in [6.07, 6.45) is 0. The second-order valence-electron chi connectivity index (χ2n) is 2.32. The topological polar surface area (TPSA) is 100 Å². The Bertz CT molecular complexity index is 488. The van der Waals surface area contributed by atoms with E-state index in [2.05, 4.69) is 0 Å². The molecule has 0 aromatic heterocycles. The van der Waals surface area contributed by atoms with E-state index in [0.29, 0.717) is 0 Å². The minimum absolute atomic E-state index is 0. The number of halogens is 1. The third kappa shape index (κ3) is 3.48. The van der Waals surface area contributed by atoms with Gasteiger partial charge in [0.25, 0.3) is 5.69 Å². The van der Waals surface area contributed by atoms with Gasteiger partial charge in [0.05, 0.1) is 4.92 Å². The first kappa shape index (κ1) is 14.4. The SMILES string of the molecule is O=[N+]([O-])c1cc(Cl)ccc1S(=O)(=O)[O-].[Li+]. The van der Waals surface area contributed by atoms with Crippen molar-refractivity contribution in [1.82, 2.24) is 0 Å². The molecule has 0 atom stereocenters. The second kappa shape index (κ2) is 4.96. The van der Waals surface area contributed by atoms with E-state index in [-0.39, 0.29) is 23.9 Å². The summed E-state index contributed by atoms with van der Waals surface area (Å²) in [5.41, 5.74) is -0.812. The molecule has 1 aromatic carbocycles. The van der Waals surface area contributed by atoms with E-state index >= 15 is 0 Å². The molecule has 0 unspecified atom stereocenters. The van der Waals surface area contributed by atoms with Gasteiger partial charge in [0.15, 0.2) is 0 Å². The molecule has 0 saturated heterocycles. The Labute approximate surface area is 102 Å². The molecule has 15 heavy (non-hydrogen) atoms. The normalized spacial score (nSPS) is 10.5. The van der Waals surface area contributed by atoms with E-state index in [4.69, 9.17) is 11.6 Å². The maximum absolute atomic E-state index is 10.6. The van der Waals surface area contributed by atoms with E-state index in [9.17, 15) is 23.1 Å².